The SMILES string of the molecule is CC(C)(O)CNc1ncc(C(=O)C2CC23C2CC4CC3CC(O)(C4)C2)c(C2CCC2)n1. The fourth-order valence-electron chi connectivity index (χ4n) is 7.77. The van der Waals surface area contributed by atoms with Crippen molar-refractivity contribution in [2.24, 2.45) is 29.1 Å². The first kappa shape index (κ1) is 20.1. The maximum absolute atomic E-state index is 13.8. The Bertz CT molecular complexity index is 903. The van der Waals surface area contributed by atoms with Crippen molar-refractivity contribution < 1.29 is 15.0 Å². The summed E-state index contributed by atoms with van der Waals surface area (Å²) in [5.41, 5.74) is 0.473. The van der Waals surface area contributed by atoms with E-state index in [1.807, 2.05) is 0 Å². The number of hydrogen-bond donors (Lipinski definition) is 3. The molecule has 3 atom stereocenters. The van der Waals surface area contributed by atoms with Crippen LogP contribution >= 0.6 is 0 Å². The number of carbonyl (C=O) groups excluding carboxylic acids is 1. The Labute approximate surface area is 184 Å². The first-order chi connectivity index (χ1) is 14.7. The molecule has 6 aliphatic carbocycles. The molecule has 1 aromatic heterocycles. The summed E-state index contributed by atoms with van der Waals surface area (Å²) in [7, 11) is 0. The summed E-state index contributed by atoms with van der Waals surface area (Å²) in [6.45, 7) is 3.86. The number of rotatable bonds is 6. The van der Waals surface area contributed by atoms with Gasteiger partial charge in [0.1, 0.15) is 0 Å². The molecule has 0 aromatic carbocycles. The van der Waals surface area contributed by atoms with Gasteiger partial charge in [0.2, 0.25) is 5.95 Å². The molecule has 6 saturated carbocycles. The number of hydrogen-bond acceptors (Lipinski definition) is 6. The Kier molecular flexibility index (Phi) is 4.22. The molecule has 168 valence electrons. The molecule has 6 nitrogen and oxygen atoms in total. The van der Waals surface area contributed by atoms with Crippen LogP contribution in [0.4, 0.5) is 5.95 Å². The average Bonchev–Trinajstić information content (AvgIpc) is 3.38. The largest absolute Gasteiger partial charge is 0.390 e. The van der Waals surface area contributed by atoms with Gasteiger partial charge in [-0.15, -0.1) is 0 Å². The van der Waals surface area contributed by atoms with Gasteiger partial charge < -0.3 is 15.5 Å². The van der Waals surface area contributed by atoms with Crippen LogP contribution in [0.5, 0.6) is 0 Å². The molecule has 0 radical (unpaired) electrons. The predicted molar refractivity (Wildman–Crippen MR) is 117 cm³/mol. The van der Waals surface area contributed by atoms with E-state index in [4.69, 9.17) is 4.98 Å². The Hall–Kier alpha value is -1.53. The lowest BCUT2D eigenvalue weighted by atomic mass is 9.48. The monoisotopic (exact) mass is 425 g/mol. The van der Waals surface area contributed by atoms with Crippen molar-refractivity contribution in [2.45, 2.75) is 88.8 Å². The van der Waals surface area contributed by atoms with Gasteiger partial charge in [-0.3, -0.25) is 4.79 Å². The molecule has 6 aliphatic rings. The van der Waals surface area contributed by atoms with Crippen LogP contribution in [0, 0.1) is 29.1 Å². The molecule has 1 heterocycles. The van der Waals surface area contributed by atoms with E-state index in [0.29, 0.717) is 36.2 Å². The Balaban J connectivity index is 1.26. The normalized spacial score (nSPS) is 40.8. The number of nitrogens with zero attached hydrogens (tertiary/aromatic N) is 2. The topological polar surface area (TPSA) is 95.3 Å². The molecular weight excluding hydrogens is 390 g/mol. The van der Waals surface area contributed by atoms with Gasteiger partial charge in [0, 0.05) is 24.6 Å². The van der Waals surface area contributed by atoms with Gasteiger partial charge in [0.15, 0.2) is 5.78 Å². The minimum absolute atomic E-state index is 0.0868. The van der Waals surface area contributed by atoms with E-state index in [1.165, 1.54) is 19.3 Å². The zero-order valence-corrected chi connectivity index (χ0v) is 18.7. The van der Waals surface area contributed by atoms with E-state index in [0.717, 1.165) is 49.8 Å². The maximum Gasteiger partial charge on any atom is 0.223 e. The summed E-state index contributed by atoms with van der Waals surface area (Å²) in [5, 5.41) is 24.1. The van der Waals surface area contributed by atoms with Crippen molar-refractivity contribution in [2.75, 3.05) is 11.9 Å². The summed E-state index contributed by atoms with van der Waals surface area (Å²) < 4.78 is 0. The lowest BCUT2D eigenvalue weighted by Crippen LogP contribution is -2.56. The van der Waals surface area contributed by atoms with Gasteiger partial charge in [-0.1, -0.05) is 6.42 Å². The first-order valence-corrected chi connectivity index (χ1v) is 12.3. The standard InChI is InChI=1S/C25H35N3O3/c1-23(2,30)13-27-22-26-12-18(20(28-22)15-4-3-5-15)21(29)19-11-25(19)16-6-14-7-17(25)10-24(31,8-14)9-16/h12,14-17,19,30-31H,3-11,13H2,1-2H3,(H,26,27,28). The summed E-state index contributed by atoms with van der Waals surface area (Å²) in [5.74, 6) is 2.87. The Morgan fingerprint density at radius 2 is 1.90 bits per heavy atom. The van der Waals surface area contributed by atoms with Crippen LogP contribution in [0.15, 0.2) is 6.20 Å². The van der Waals surface area contributed by atoms with Gasteiger partial charge in [0.05, 0.1) is 22.5 Å². The van der Waals surface area contributed by atoms with E-state index >= 15 is 0 Å². The van der Waals surface area contributed by atoms with Crippen LogP contribution in [-0.4, -0.2) is 43.7 Å². The van der Waals surface area contributed by atoms with Crippen molar-refractivity contribution in [3.8, 4) is 0 Å². The zero-order valence-electron chi connectivity index (χ0n) is 18.7. The highest BCUT2D eigenvalue weighted by Gasteiger charge is 2.72. The van der Waals surface area contributed by atoms with E-state index in [2.05, 4.69) is 10.3 Å². The van der Waals surface area contributed by atoms with Crippen LogP contribution in [-0.2, 0) is 0 Å². The van der Waals surface area contributed by atoms with Crippen molar-refractivity contribution in [1.82, 2.24) is 9.97 Å². The Morgan fingerprint density at radius 1 is 1.19 bits per heavy atom. The van der Waals surface area contributed by atoms with Gasteiger partial charge in [-0.25, -0.2) is 9.97 Å². The molecule has 6 fully saturated rings. The summed E-state index contributed by atoms with van der Waals surface area (Å²) in [4.78, 5) is 23.0. The second kappa shape index (κ2) is 6.50. The van der Waals surface area contributed by atoms with E-state index in [-0.39, 0.29) is 17.1 Å². The van der Waals surface area contributed by atoms with Crippen LogP contribution in [0.25, 0.3) is 0 Å². The number of ketones is 1. The number of aliphatic hydroxyl groups is 2. The maximum atomic E-state index is 13.8. The smallest absolute Gasteiger partial charge is 0.223 e. The van der Waals surface area contributed by atoms with E-state index in [1.54, 1.807) is 20.0 Å². The fourth-order valence-corrected chi connectivity index (χ4v) is 7.77. The molecule has 4 bridgehead atoms. The van der Waals surface area contributed by atoms with Crippen LogP contribution in [0.3, 0.4) is 0 Å². The minimum atomic E-state index is -0.849. The fraction of sp³-hybridized carbons (Fsp3) is 0.800. The summed E-state index contributed by atoms with van der Waals surface area (Å²) >= 11 is 0. The number of carbonyl (C=O) groups is 1. The molecule has 6 heteroatoms. The third kappa shape index (κ3) is 3.16. The third-order valence-electron chi connectivity index (χ3n) is 9.29. The van der Waals surface area contributed by atoms with Gasteiger partial charge in [0.25, 0.3) is 0 Å². The van der Waals surface area contributed by atoms with Crippen molar-refractivity contribution in [3.63, 3.8) is 0 Å². The molecule has 0 amide bonds. The molecular formula is C25H35N3O3. The van der Waals surface area contributed by atoms with Crippen molar-refractivity contribution in [1.29, 1.82) is 0 Å². The predicted octanol–water partition coefficient (Wildman–Crippen LogP) is 3.69. The molecule has 1 spiro atoms. The number of aromatic nitrogens is 2. The van der Waals surface area contributed by atoms with Gasteiger partial charge in [-0.2, -0.15) is 0 Å². The molecule has 3 N–H and O–H groups in total. The van der Waals surface area contributed by atoms with Crippen LogP contribution in [0.2, 0.25) is 0 Å². The molecule has 31 heavy (non-hydrogen) atoms. The second-order valence-corrected chi connectivity index (χ2v) is 12.1. The third-order valence-corrected chi connectivity index (χ3v) is 9.29. The minimum Gasteiger partial charge on any atom is -0.390 e. The van der Waals surface area contributed by atoms with Crippen LogP contribution < -0.4 is 5.32 Å². The Morgan fingerprint density at radius 3 is 2.48 bits per heavy atom. The highest BCUT2D eigenvalue weighted by Crippen LogP contribution is 2.76. The highest BCUT2D eigenvalue weighted by molar-refractivity contribution is 6.01. The zero-order chi connectivity index (χ0) is 21.6. The summed E-state index contributed by atoms with van der Waals surface area (Å²) in [6.07, 6.45) is 11.3. The molecule has 0 aliphatic heterocycles. The van der Waals surface area contributed by atoms with Gasteiger partial charge >= 0.3 is 0 Å². The average molecular weight is 426 g/mol. The summed E-state index contributed by atoms with van der Waals surface area (Å²) in [6, 6.07) is 0. The number of Topliss-reactive ketones (excluding diaryl/α,β-unsaturated/α-hetero) is 1. The second-order valence-electron chi connectivity index (χ2n) is 12.1. The van der Waals surface area contributed by atoms with Crippen molar-refractivity contribution >= 4 is 11.7 Å². The highest BCUT2D eigenvalue weighted by atomic mass is 16.3. The van der Waals surface area contributed by atoms with Gasteiger partial charge in [-0.05, 0) is 88.4 Å². The number of anilines is 1. The van der Waals surface area contributed by atoms with Crippen molar-refractivity contribution in [3.05, 3.63) is 17.5 Å². The molecule has 7 rings (SSSR count). The lowest BCUT2D eigenvalue weighted by Gasteiger charge is -2.59. The molecule has 3 unspecified atom stereocenters. The van der Waals surface area contributed by atoms with Crippen LogP contribution in [0.1, 0.15) is 93.6 Å². The molecule has 1 aromatic rings. The number of nitrogens with one attached hydrogen (secondary N) is 1. The van der Waals surface area contributed by atoms with E-state index < -0.39 is 11.2 Å². The molecule has 0 saturated heterocycles. The van der Waals surface area contributed by atoms with E-state index in [9.17, 15) is 15.0 Å². The first-order valence-electron chi connectivity index (χ1n) is 12.3. The lowest BCUT2D eigenvalue weighted by molar-refractivity contribution is -0.163. The quantitative estimate of drug-likeness (QED) is 0.602.